The number of hydrogen-bond acceptors (Lipinski definition) is 6. The molecule has 20 heavy (non-hydrogen) atoms. The van der Waals surface area contributed by atoms with Crippen LogP contribution in [0.1, 0.15) is 11.3 Å². The smallest absolute Gasteiger partial charge is 0.403 e. The predicted molar refractivity (Wildman–Crippen MR) is 68.5 cm³/mol. The number of nitrogens with zero attached hydrogens (tertiary/aromatic N) is 1. The SMILES string of the molecule is Cc1ccc(S(=O)(=O)OCc2ccc([N+](=O)[O-])o2)cc1. The normalized spacial score (nSPS) is 11.4. The fourth-order valence-electron chi connectivity index (χ4n) is 1.45. The summed E-state index contributed by atoms with van der Waals surface area (Å²) >= 11 is 0. The Morgan fingerprint density at radius 3 is 2.40 bits per heavy atom. The largest absolute Gasteiger partial charge is 0.433 e. The fraction of sp³-hybridized carbons (Fsp3) is 0.167. The van der Waals surface area contributed by atoms with Crippen molar-refractivity contribution in [1.29, 1.82) is 0 Å². The van der Waals surface area contributed by atoms with Crippen LogP contribution in [0.4, 0.5) is 5.88 Å². The Morgan fingerprint density at radius 1 is 1.20 bits per heavy atom. The summed E-state index contributed by atoms with van der Waals surface area (Å²) in [7, 11) is -3.92. The Labute approximate surface area is 115 Å². The maximum atomic E-state index is 11.9. The molecule has 8 heteroatoms. The monoisotopic (exact) mass is 297 g/mol. The molecule has 0 fully saturated rings. The molecule has 0 radical (unpaired) electrons. The highest BCUT2D eigenvalue weighted by Crippen LogP contribution is 2.19. The second-order valence-corrected chi connectivity index (χ2v) is 5.64. The molecule has 106 valence electrons. The van der Waals surface area contributed by atoms with Crippen LogP contribution >= 0.6 is 0 Å². The third-order valence-corrected chi connectivity index (χ3v) is 3.77. The van der Waals surface area contributed by atoms with Gasteiger partial charge in [0.2, 0.25) is 0 Å². The molecule has 0 aliphatic carbocycles. The lowest BCUT2D eigenvalue weighted by atomic mass is 10.2. The van der Waals surface area contributed by atoms with Crippen LogP contribution in [-0.2, 0) is 20.9 Å². The Balaban J connectivity index is 2.08. The molecule has 0 aliphatic rings. The van der Waals surface area contributed by atoms with Crippen molar-refractivity contribution < 1.29 is 21.9 Å². The second-order valence-electron chi connectivity index (χ2n) is 4.03. The summed E-state index contributed by atoms with van der Waals surface area (Å²) in [5, 5.41) is 10.4. The molecule has 0 aliphatic heterocycles. The molecule has 0 saturated heterocycles. The minimum atomic E-state index is -3.92. The molecule has 0 unspecified atom stereocenters. The number of nitro groups is 1. The quantitative estimate of drug-likeness (QED) is 0.477. The van der Waals surface area contributed by atoms with E-state index in [1.165, 1.54) is 18.2 Å². The number of rotatable bonds is 5. The van der Waals surface area contributed by atoms with Gasteiger partial charge in [0.1, 0.15) is 17.3 Å². The van der Waals surface area contributed by atoms with Gasteiger partial charge < -0.3 is 4.42 Å². The van der Waals surface area contributed by atoms with Gasteiger partial charge in [-0.2, -0.15) is 8.42 Å². The highest BCUT2D eigenvalue weighted by molar-refractivity contribution is 7.86. The first-order valence-corrected chi connectivity index (χ1v) is 6.98. The average Bonchev–Trinajstić information content (AvgIpc) is 2.86. The molecule has 0 N–H and O–H groups in total. The zero-order valence-electron chi connectivity index (χ0n) is 10.5. The van der Waals surface area contributed by atoms with Gasteiger partial charge in [-0.25, -0.2) is 0 Å². The molecular weight excluding hydrogens is 286 g/mol. The molecule has 2 rings (SSSR count). The summed E-state index contributed by atoms with van der Waals surface area (Å²) in [5.74, 6) is -0.399. The van der Waals surface area contributed by atoms with Crippen molar-refractivity contribution in [2.75, 3.05) is 0 Å². The minimum Gasteiger partial charge on any atom is -0.403 e. The van der Waals surface area contributed by atoms with Gasteiger partial charge in [0.05, 0.1) is 11.0 Å². The van der Waals surface area contributed by atoms with Gasteiger partial charge in [-0.05, 0) is 25.1 Å². The molecule has 1 aromatic carbocycles. The number of aryl methyl sites for hydroxylation is 1. The van der Waals surface area contributed by atoms with Crippen molar-refractivity contribution in [2.45, 2.75) is 18.4 Å². The molecule has 0 amide bonds. The Kier molecular flexibility index (Phi) is 3.86. The fourth-order valence-corrected chi connectivity index (χ4v) is 2.33. The summed E-state index contributed by atoms with van der Waals surface area (Å²) in [5.41, 5.74) is 0.922. The maximum Gasteiger partial charge on any atom is 0.433 e. The van der Waals surface area contributed by atoms with Gasteiger partial charge >= 0.3 is 5.88 Å². The second kappa shape index (κ2) is 5.43. The van der Waals surface area contributed by atoms with Crippen LogP contribution in [0.15, 0.2) is 45.7 Å². The van der Waals surface area contributed by atoms with E-state index < -0.39 is 27.5 Å². The molecule has 1 heterocycles. The number of furan rings is 1. The van der Waals surface area contributed by atoms with Crippen molar-refractivity contribution in [3.63, 3.8) is 0 Å². The zero-order valence-corrected chi connectivity index (χ0v) is 11.3. The van der Waals surface area contributed by atoms with Crippen molar-refractivity contribution in [3.05, 3.63) is 57.8 Å². The van der Waals surface area contributed by atoms with Crippen molar-refractivity contribution in [3.8, 4) is 0 Å². The zero-order chi connectivity index (χ0) is 14.8. The van der Waals surface area contributed by atoms with Gasteiger partial charge in [0.15, 0.2) is 0 Å². The lowest BCUT2D eigenvalue weighted by Gasteiger charge is -2.04. The molecule has 1 aromatic heterocycles. The summed E-state index contributed by atoms with van der Waals surface area (Å²) in [6.07, 6.45) is 0. The average molecular weight is 297 g/mol. The number of hydrogen-bond donors (Lipinski definition) is 0. The van der Waals surface area contributed by atoms with Gasteiger partial charge in [-0.15, -0.1) is 0 Å². The third kappa shape index (κ3) is 3.22. The van der Waals surface area contributed by atoms with E-state index in [1.54, 1.807) is 12.1 Å². The Bertz CT molecular complexity index is 717. The van der Waals surface area contributed by atoms with Crippen LogP contribution in [0.2, 0.25) is 0 Å². The van der Waals surface area contributed by atoms with Crippen LogP contribution in [0, 0.1) is 17.0 Å². The van der Waals surface area contributed by atoms with Gasteiger partial charge in [-0.1, -0.05) is 17.7 Å². The maximum absolute atomic E-state index is 11.9. The Hall–Kier alpha value is -2.19. The van der Waals surface area contributed by atoms with Crippen molar-refractivity contribution >= 4 is 16.0 Å². The first kappa shape index (κ1) is 14.2. The van der Waals surface area contributed by atoms with E-state index in [4.69, 9.17) is 8.60 Å². The Morgan fingerprint density at radius 2 is 1.85 bits per heavy atom. The van der Waals surface area contributed by atoms with Crippen LogP contribution in [0.25, 0.3) is 0 Å². The highest BCUT2D eigenvalue weighted by atomic mass is 32.2. The van der Waals surface area contributed by atoms with Crippen LogP contribution in [-0.4, -0.2) is 13.3 Å². The minimum absolute atomic E-state index is 0.0177. The molecule has 0 saturated carbocycles. The van der Waals surface area contributed by atoms with E-state index >= 15 is 0 Å². The van der Waals surface area contributed by atoms with E-state index in [2.05, 4.69) is 0 Å². The van der Waals surface area contributed by atoms with Gasteiger partial charge in [0.25, 0.3) is 10.1 Å². The summed E-state index contributed by atoms with van der Waals surface area (Å²) < 4.78 is 33.3. The van der Waals surface area contributed by atoms with Crippen LogP contribution < -0.4 is 0 Å². The van der Waals surface area contributed by atoms with E-state index in [0.29, 0.717) is 0 Å². The van der Waals surface area contributed by atoms with Crippen LogP contribution in [0.5, 0.6) is 0 Å². The van der Waals surface area contributed by atoms with Crippen molar-refractivity contribution in [1.82, 2.24) is 0 Å². The lowest BCUT2D eigenvalue weighted by Crippen LogP contribution is -2.06. The topological polar surface area (TPSA) is 99.7 Å². The molecule has 0 spiro atoms. The predicted octanol–water partition coefficient (Wildman–Crippen LogP) is 2.40. The van der Waals surface area contributed by atoms with E-state index in [0.717, 1.165) is 11.6 Å². The molecule has 0 atom stereocenters. The van der Waals surface area contributed by atoms with Crippen LogP contribution in [0.3, 0.4) is 0 Å². The molecule has 7 nitrogen and oxygen atoms in total. The standard InChI is InChI=1S/C12H11NO6S/c1-9-2-5-11(6-3-9)20(16,17)18-8-10-4-7-12(19-10)13(14)15/h2-7H,8H2,1H3. The summed E-state index contributed by atoms with van der Waals surface area (Å²) in [6, 6.07) is 8.58. The van der Waals surface area contributed by atoms with E-state index in [9.17, 15) is 18.5 Å². The summed E-state index contributed by atoms with van der Waals surface area (Å²) in [6.45, 7) is 1.43. The van der Waals surface area contributed by atoms with Gasteiger partial charge in [-0.3, -0.25) is 14.3 Å². The van der Waals surface area contributed by atoms with E-state index in [1.807, 2.05) is 6.92 Å². The highest BCUT2D eigenvalue weighted by Gasteiger charge is 2.18. The first-order chi connectivity index (χ1) is 9.38. The first-order valence-electron chi connectivity index (χ1n) is 5.58. The van der Waals surface area contributed by atoms with Crippen molar-refractivity contribution in [2.24, 2.45) is 0 Å². The molecular formula is C12H11NO6S. The van der Waals surface area contributed by atoms with E-state index in [-0.39, 0.29) is 10.7 Å². The molecule has 0 bridgehead atoms. The van der Waals surface area contributed by atoms with Gasteiger partial charge in [0, 0.05) is 0 Å². The molecule has 2 aromatic rings. The number of benzene rings is 1. The summed E-state index contributed by atoms with van der Waals surface area (Å²) in [4.78, 5) is 9.73. The third-order valence-electron chi connectivity index (χ3n) is 2.49. The lowest BCUT2D eigenvalue weighted by molar-refractivity contribution is -0.402.